The Balaban J connectivity index is 1.92. The van der Waals surface area contributed by atoms with Crippen LogP contribution in [0.5, 0.6) is 0 Å². The molecule has 0 aliphatic carbocycles. The summed E-state index contributed by atoms with van der Waals surface area (Å²) < 4.78 is 1.32. The lowest BCUT2D eigenvalue weighted by Gasteiger charge is -2.17. The summed E-state index contributed by atoms with van der Waals surface area (Å²) in [5.74, 6) is 6.16. The van der Waals surface area contributed by atoms with Crippen molar-refractivity contribution in [2.45, 2.75) is 43.3 Å². The van der Waals surface area contributed by atoms with E-state index in [0.29, 0.717) is 23.4 Å². The summed E-state index contributed by atoms with van der Waals surface area (Å²) in [6.45, 7) is 8.98. The second kappa shape index (κ2) is 10.4. The zero-order chi connectivity index (χ0) is 20.7. The molecule has 152 valence electrons. The fourth-order valence-electron chi connectivity index (χ4n) is 2.33. The number of nitrogens with zero attached hydrogens (tertiary/aromatic N) is 4. The Morgan fingerprint density at radius 2 is 1.79 bits per heavy atom. The van der Waals surface area contributed by atoms with Crippen molar-refractivity contribution in [2.75, 3.05) is 30.0 Å². The van der Waals surface area contributed by atoms with E-state index in [1.54, 1.807) is 11.8 Å². The van der Waals surface area contributed by atoms with Gasteiger partial charge in [-0.25, -0.2) is 4.68 Å². The average Bonchev–Trinajstić information content (AvgIpc) is 3.02. The number of carbonyl (C=O) groups is 2. The Hall–Kier alpha value is -2.20. The number of nitrogens with one attached hydrogen (secondary N) is 1. The van der Waals surface area contributed by atoms with Crippen LogP contribution in [0.2, 0.25) is 0 Å². The zero-order valence-corrected chi connectivity index (χ0v) is 18.1. The predicted molar refractivity (Wildman–Crippen MR) is 114 cm³/mol. The Kier molecular flexibility index (Phi) is 8.18. The van der Waals surface area contributed by atoms with Crippen LogP contribution in [0.4, 0.5) is 5.69 Å². The molecule has 0 spiro atoms. The van der Waals surface area contributed by atoms with E-state index in [-0.39, 0.29) is 17.6 Å². The van der Waals surface area contributed by atoms with Gasteiger partial charge in [-0.3, -0.25) is 9.59 Å². The lowest BCUT2D eigenvalue weighted by molar-refractivity contribution is -0.128. The lowest BCUT2D eigenvalue weighted by atomic mass is 10.2. The van der Waals surface area contributed by atoms with Crippen LogP contribution >= 0.6 is 23.5 Å². The van der Waals surface area contributed by atoms with Gasteiger partial charge in [0.25, 0.3) is 0 Å². The first-order chi connectivity index (χ1) is 13.3. The molecule has 1 aromatic carbocycles. The highest BCUT2D eigenvalue weighted by atomic mass is 32.2. The van der Waals surface area contributed by atoms with Crippen LogP contribution in [0.25, 0.3) is 0 Å². The number of aryl methyl sites for hydroxylation is 1. The first kappa shape index (κ1) is 22.1. The average molecular weight is 423 g/mol. The number of nitrogen functional groups attached to an aromatic ring is 1. The van der Waals surface area contributed by atoms with E-state index in [2.05, 4.69) is 15.5 Å². The molecule has 0 saturated heterocycles. The van der Waals surface area contributed by atoms with E-state index in [0.717, 1.165) is 11.3 Å². The fourth-order valence-corrected chi connectivity index (χ4v) is 3.92. The molecular formula is C18H26N6O2S2. The molecule has 0 fully saturated rings. The molecule has 0 unspecified atom stereocenters. The molecule has 28 heavy (non-hydrogen) atoms. The minimum Gasteiger partial charge on any atom is -0.343 e. The van der Waals surface area contributed by atoms with Crippen LogP contribution in [0.15, 0.2) is 34.6 Å². The number of hydrogen-bond acceptors (Lipinski definition) is 7. The Morgan fingerprint density at radius 1 is 1.18 bits per heavy atom. The quantitative estimate of drug-likeness (QED) is 0.472. The second-order valence-electron chi connectivity index (χ2n) is 6.11. The van der Waals surface area contributed by atoms with Crippen LogP contribution in [0.1, 0.15) is 26.3 Å². The third-order valence-electron chi connectivity index (χ3n) is 4.04. The molecule has 0 bridgehead atoms. The van der Waals surface area contributed by atoms with Gasteiger partial charge in [-0.1, -0.05) is 41.2 Å². The maximum absolute atomic E-state index is 12.4. The van der Waals surface area contributed by atoms with Crippen LogP contribution in [-0.4, -0.2) is 55.7 Å². The normalized spacial score (nSPS) is 11.9. The van der Waals surface area contributed by atoms with E-state index in [1.165, 1.54) is 28.2 Å². The molecule has 2 rings (SSSR count). The maximum Gasteiger partial charge on any atom is 0.237 e. The monoisotopic (exact) mass is 422 g/mol. The van der Waals surface area contributed by atoms with Gasteiger partial charge in [-0.2, -0.15) is 0 Å². The summed E-state index contributed by atoms with van der Waals surface area (Å²) >= 11 is 2.45. The minimum absolute atomic E-state index is 0.0260. The van der Waals surface area contributed by atoms with Crippen LogP contribution < -0.4 is 11.2 Å². The van der Waals surface area contributed by atoms with Gasteiger partial charge in [0.2, 0.25) is 22.1 Å². The number of anilines is 1. The molecule has 10 heteroatoms. The minimum atomic E-state index is -0.414. The van der Waals surface area contributed by atoms with Crippen LogP contribution in [-0.2, 0) is 9.59 Å². The maximum atomic E-state index is 12.4. The highest BCUT2D eigenvalue weighted by molar-refractivity contribution is 8.00. The fraction of sp³-hybridized carbons (Fsp3) is 0.444. The van der Waals surface area contributed by atoms with E-state index in [9.17, 15) is 9.59 Å². The molecule has 2 aromatic rings. The lowest BCUT2D eigenvalue weighted by Crippen LogP contribution is -2.32. The van der Waals surface area contributed by atoms with Crippen molar-refractivity contribution < 1.29 is 9.59 Å². The van der Waals surface area contributed by atoms with Gasteiger partial charge in [0.1, 0.15) is 0 Å². The first-order valence-electron chi connectivity index (χ1n) is 9.00. The van der Waals surface area contributed by atoms with Gasteiger partial charge in [0, 0.05) is 18.8 Å². The van der Waals surface area contributed by atoms with E-state index in [4.69, 9.17) is 5.84 Å². The molecule has 1 aromatic heterocycles. The number of hydrogen-bond donors (Lipinski definition) is 2. The summed E-state index contributed by atoms with van der Waals surface area (Å²) in [7, 11) is 0. The predicted octanol–water partition coefficient (Wildman–Crippen LogP) is 2.38. The molecular weight excluding hydrogens is 396 g/mol. The number of thioether (sulfide) groups is 2. The van der Waals surface area contributed by atoms with Crippen molar-refractivity contribution in [3.63, 3.8) is 0 Å². The summed E-state index contributed by atoms with van der Waals surface area (Å²) in [6, 6.07) is 7.59. The summed E-state index contributed by atoms with van der Waals surface area (Å²) in [5, 5.41) is 11.4. The molecule has 0 aliphatic heterocycles. The Bertz CT molecular complexity index is 805. The summed E-state index contributed by atoms with van der Waals surface area (Å²) in [6.07, 6.45) is 0. The molecule has 8 nitrogen and oxygen atoms in total. The summed E-state index contributed by atoms with van der Waals surface area (Å²) in [4.78, 5) is 26.2. The van der Waals surface area contributed by atoms with Gasteiger partial charge in [0.15, 0.2) is 0 Å². The zero-order valence-electron chi connectivity index (χ0n) is 16.5. The van der Waals surface area contributed by atoms with Crippen molar-refractivity contribution in [1.29, 1.82) is 0 Å². The van der Waals surface area contributed by atoms with Gasteiger partial charge < -0.3 is 16.1 Å². The number of carbonyl (C=O) groups excluding carboxylic acids is 2. The van der Waals surface area contributed by atoms with Gasteiger partial charge >= 0.3 is 0 Å². The highest BCUT2D eigenvalue weighted by Gasteiger charge is 2.20. The van der Waals surface area contributed by atoms with E-state index < -0.39 is 5.25 Å². The van der Waals surface area contributed by atoms with E-state index in [1.807, 2.05) is 45.0 Å². The SMILES string of the molecule is CCN(CC)C(=O)CSc1nnc(S[C@@H](C)C(=O)Nc2ccc(C)cc2)n1N. The number of amides is 2. The number of rotatable bonds is 9. The van der Waals surface area contributed by atoms with Gasteiger partial charge in [0.05, 0.1) is 11.0 Å². The number of nitrogens with two attached hydrogens (primary N) is 1. The Labute approximate surface area is 173 Å². The summed E-state index contributed by atoms with van der Waals surface area (Å²) in [5.41, 5.74) is 1.87. The molecule has 2 amide bonds. The molecule has 0 saturated carbocycles. The molecule has 0 radical (unpaired) electrons. The topological polar surface area (TPSA) is 106 Å². The molecule has 0 aliphatic rings. The highest BCUT2D eigenvalue weighted by Crippen LogP contribution is 2.25. The van der Waals surface area contributed by atoms with Crippen molar-refractivity contribution in [1.82, 2.24) is 19.8 Å². The van der Waals surface area contributed by atoms with Crippen molar-refractivity contribution >= 4 is 41.0 Å². The van der Waals surface area contributed by atoms with Crippen molar-refractivity contribution in [3.8, 4) is 0 Å². The third-order valence-corrected chi connectivity index (χ3v) is 6.03. The smallest absolute Gasteiger partial charge is 0.237 e. The third kappa shape index (κ3) is 5.90. The van der Waals surface area contributed by atoms with Crippen molar-refractivity contribution in [3.05, 3.63) is 29.8 Å². The molecule has 1 heterocycles. The second-order valence-corrected chi connectivity index (χ2v) is 8.36. The van der Waals surface area contributed by atoms with Crippen LogP contribution in [0.3, 0.4) is 0 Å². The van der Waals surface area contributed by atoms with Crippen LogP contribution in [0, 0.1) is 6.92 Å². The van der Waals surface area contributed by atoms with Gasteiger partial charge in [-0.05, 0) is 39.8 Å². The number of aromatic nitrogens is 3. The number of benzene rings is 1. The first-order valence-corrected chi connectivity index (χ1v) is 10.9. The van der Waals surface area contributed by atoms with Crippen molar-refractivity contribution in [2.24, 2.45) is 0 Å². The molecule has 3 N–H and O–H groups in total. The standard InChI is InChI=1S/C18H26N6O2S2/c1-5-23(6-2)15(25)11-27-17-21-22-18(24(17)19)28-13(4)16(26)20-14-9-7-12(3)8-10-14/h7-10,13H,5-6,11,19H2,1-4H3,(H,20,26)/t13-/m0/s1. The Morgan fingerprint density at radius 3 is 2.39 bits per heavy atom. The largest absolute Gasteiger partial charge is 0.343 e. The molecule has 1 atom stereocenters. The van der Waals surface area contributed by atoms with Gasteiger partial charge in [-0.15, -0.1) is 10.2 Å². The van der Waals surface area contributed by atoms with E-state index >= 15 is 0 Å².